The lowest BCUT2D eigenvalue weighted by atomic mass is 10.0. The van der Waals surface area contributed by atoms with Crippen LogP contribution in [0.4, 0.5) is 19.1 Å². The molecule has 4 nitrogen and oxygen atoms in total. The quantitative estimate of drug-likeness (QED) is 0.919. The minimum absolute atomic E-state index is 0.0140. The normalized spacial score (nSPS) is 20.6. The number of piperidine rings is 1. The number of nitrogens with zero attached hydrogens (tertiary/aromatic N) is 3. The number of aromatic nitrogens is 2. The summed E-state index contributed by atoms with van der Waals surface area (Å²) in [4.78, 5) is 9.32. The van der Waals surface area contributed by atoms with Gasteiger partial charge < -0.3 is 10.0 Å². The molecule has 0 radical (unpaired) electrons. The summed E-state index contributed by atoms with van der Waals surface area (Å²) < 4.78 is 37.9. The van der Waals surface area contributed by atoms with Crippen molar-refractivity contribution < 1.29 is 18.3 Å². The first-order valence-corrected chi connectivity index (χ1v) is 6.30. The van der Waals surface area contributed by atoms with Crippen LogP contribution in [0.1, 0.15) is 31.4 Å². The van der Waals surface area contributed by atoms with Crippen molar-refractivity contribution in [1.29, 1.82) is 0 Å². The molecule has 1 fully saturated rings. The van der Waals surface area contributed by atoms with Crippen LogP contribution in [0.15, 0.2) is 12.3 Å². The molecule has 0 spiro atoms. The van der Waals surface area contributed by atoms with Gasteiger partial charge in [-0.05, 0) is 31.7 Å². The third-order valence-electron chi connectivity index (χ3n) is 3.28. The van der Waals surface area contributed by atoms with E-state index in [2.05, 4.69) is 9.97 Å². The second-order valence-corrected chi connectivity index (χ2v) is 4.59. The van der Waals surface area contributed by atoms with Gasteiger partial charge in [0.1, 0.15) is 5.69 Å². The Balaban J connectivity index is 2.24. The zero-order valence-corrected chi connectivity index (χ0v) is 10.4. The third-order valence-corrected chi connectivity index (χ3v) is 3.28. The Morgan fingerprint density at radius 1 is 1.37 bits per heavy atom. The molecule has 1 atom stereocenters. The molecule has 106 valence electrons. The molecular weight excluding hydrogens is 259 g/mol. The first-order valence-electron chi connectivity index (χ1n) is 6.30. The standard InChI is InChI=1S/C12H16F3N3O/c13-12(14,15)10-4-6-16-11(17-10)18-7-2-1-3-9(18)5-8-19/h4,6,9,19H,1-3,5,7-8H2. The van der Waals surface area contributed by atoms with Crippen LogP contribution < -0.4 is 4.90 Å². The van der Waals surface area contributed by atoms with Crippen LogP contribution in [0.5, 0.6) is 0 Å². The summed E-state index contributed by atoms with van der Waals surface area (Å²) in [5.74, 6) is 0.105. The third kappa shape index (κ3) is 3.34. The first-order chi connectivity index (χ1) is 9.02. The van der Waals surface area contributed by atoms with Crippen molar-refractivity contribution in [2.75, 3.05) is 18.1 Å². The summed E-state index contributed by atoms with van der Waals surface area (Å²) in [5.41, 5.74) is -0.925. The molecule has 1 saturated heterocycles. The molecule has 1 aliphatic heterocycles. The van der Waals surface area contributed by atoms with Crippen LogP contribution in [-0.4, -0.2) is 34.3 Å². The fraction of sp³-hybridized carbons (Fsp3) is 0.667. The fourth-order valence-electron chi connectivity index (χ4n) is 2.36. The highest BCUT2D eigenvalue weighted by Gasteiger charge is 2.34. The highest BCUT2D eigenvalue weighted by atomic mass is 19.4. The van der Waals surface area contributed by atoms with E-state index in [1.54, 1.807) is 4.90 Å². The number of aliphatic hydroxyl groups excluding tert-OH is 1. The maximum absolute atomic E-state index is 12.6. The summed E-state index contributed by atoms with van der Waals surface area (Å²) in [6, 6.07) is 0.885. The van der Waals surface area contributed by atoms with Gasteiger partial charge in [0.05, 0.1) is 0 Å². The van der Waals surface area contributed by atoms with Gasteiger partial charge in [-0.25, -0.2) is 9.97 Å². The van der Waals surface area contributed by atoms with Gasteiger partial charge in [0.15, 0.2) is 0 Å². The van der Waals surface area contributed by atoms with Gasteiger partial charge in [0.2, 0.25) is 5.95 Å². The lowest BCUT2D eigenvalue weighted by molar-refractivity contribution is -0.141. The van der Waals surface area contributed by atoms with Crippen molar-refractivity contribution in [1.82, 2.24) is 9.97 Å². The molecule has 1 N–H and O–H groups in total. The van der Waals surface area contributed by atoms with Crippen LogP contribution >= 0.6 is 0 Å². The maximum Gasteiger partial charge on any atom is 0.433 e. The van der Waals surface area contributed by atoms with E-state index in [-0.39, 0.29) is 18.6 Å². The van der Waals surface area contributed by atoms with Crippen molar-refractivity contribution in [2.24, 2.45) is 0 Å². The van der Waals surface area contributed by atoms with E-state index in [1.165, 1.54) is 0 Å². The zero-order valence-electron chi connectivity index (χ0n) is 10.4. The van der Waals surface area contributed by atoms with Crippen LogP contribution in [0.25, 0.3) is 0 Å². The number of alkyl halides is 3. The average Bonchev–Trinajstić information content (AvgIpc) is 2.39. The van der Waals surface area contributed by atoms with Gasteiger partial charge in [-0.15, -0.1) is 0 Å². The molecule has 2 heterocycles. The Bertz CT molecular complexity index is 423. The first kappa shape index (κ1) is 14.0. The second-order valence-electron chi connectivity index (χ2n) is 4.59. The highest BCUT2D eigenvalue weighted by molar-refractivity contribution is 5.33. The molecule has 0 amide bonds. The Hall–Kier alpha value is -1.37. The molecule has 0 aliphatic carbocycles. The monoisotopic (exact) mass is 275 g/mol. The zero-order chi connectivity index (χ0) is 13.9. The van der Waals surface area contributed by atoms with Crippen LogP contribution in [0.2, 0.25) is 0 Å². The van der Waals surface area contributed by atoms with Crippen LogP contribution in [0, 0.1) is 0 Å². The lowest BCUT2D eigenvalue weighted by Gasteiger charge is -2.35. The van der Waals surface area contributed by atoms with Crippen molar-refractivity contribution in [3.8, 4) is 0 Å². The van der Waals surface area contributed by atoms with E-state index in [1.807, 2.05) is 0 Å². The molecule has 0 saturated carbocycles. The lowest BCUT2D eigenvalue weighted by Crippen LogP contribution is -2.41. The fourth-order valence-corrected chi connectivity index (χ4v) is 2.36. The minimum Gasteiger partial charge on any atom is -0.396 e. The summed E-state index contributed by atoms with van der Waals surface area (Å²) in [6.45, 7) is 0.645. The summed E-state index contributed by atoms with van der Waals surface area (Å²) in [7, 11) is 0. The number of hydrogen-bond acceptors (Lipinski definition) is 4. The largest absolute Gasteiger partial charge is 0.433 e. The molecule has 19 heavy (non-hydrogen) atoms. The van der Waals surface area contributed by atoms with Gasteiger partial charge in [0, 0.05) is 25.4 Å². The van der Waals surface area contributed by atoms with Gasteiger partial charge in [-0.1, -0.05) is 0 Å². The van der Waals surface area contributed by atoms with Crippen LogP contribution in [-0.2, 0) is 6.18 Å². The minimum atomic E-state index is -4.46. The summed E-state index contributed by atoms with van der Waals surface area (Å²) in [5, 5.41) is 9.02. The highest BCUT2D eigenvalue weighted by Crippen LogP contribution is 2.30. The summed E-state index contributed by atoms with van der Waals surface area (Å²) in [6.07, 6.45) is -0.0306. The molecule has 7 heteroatoms. The molecule has 1 aliphatic rings. The molecular formula is C12H16F3N3O. The Labute approximate surface area is 109 Å². The molecule has 1 aromatic heterocycles. The van der Waals surface area contributed by atoms with E-state index in [4.69, 9.17) is 5.11 Å². The van der Waals surface area contributed by atoms with Gasteiger partial charge in [-0.3, -0.25) is 0 Å². The van der Waals surface area contributed by atoms with Crippen molar-refractivity contribution in [3.63, 3.8) is 0 Å². The molecule has 0 bridgehead atoms. The van der Waals surface area contributed by atoms with Crippen molar-refractivity contribution in [3.05, 3.63) is 18.0 Å². The average molecular weight is 275 g/mol. The van der Waals surface area contributed by atoms with Crippen molar-refractivity contribution in [2.45, 2.75) is 37.9 Å². The second kappa shape index (κ2) is 5.73. The van der Waals surface area contributed by atoms with E-state index in [0.29, 0.717) is 13.0 Å². The van der Waals surface area contributed by atoms with Crippen molar-refractivity contribution >= 4 is 5.95 Å². The number of halogens is 3. The summed E-state index contributed by atoms with van der Waals surface area (Å²) >= 11 is 0. The topological polar surface area (TPSA) is 49.2 Å². The predicted octanol–water partition coefficient (Wildman–Crippen LogP) is 2.24. The van der Waals surface area contributed by atoms with E-state index < -0.39 is 11.9 Å². The van der Waals surface area contributed by atoms with E-state index >= 15 is 0 Å². The molecule has 1 unspecified atom stereocenters. The van der Waals surface area contributed by atoms with Crippen LogP contribution in [0.3, 0.4) is 0 Å². The maximum atomic E-state index is 12.6. The number of rotatable bonds is 3. The smallest absolute Gasteiger partial charge is 0.396 e. The van der Waals surface area contributed by atoms with Gasteiger partial charge in [-0.2, -0.15) is 13.2 Å². The van der Waals surface area contributed by atoms with E-state index in [0.717, 1.165) is 31.5 Å². The molecule has 1 aromatic rings. The molecule has 0 aromatic carbocycles. The Kier molecular flexibility index (Phi) is 4.24. The van der Waals surface area contributed by atoms with Gasteiger partial charge in [0.25, 0.3) is 0 Å². The predicted molar refractivity (Wildman–Crippen MR) is 63.7 cm³/mol. The SMILES string of the molecule is OCCC1CCCCN1c1nccc(C(F)(F)F)n1. The van der Waals surface area contributed by atoms with E-state index in [9.17, 15) is 13.2 Å². The Morgan fingerprint density at radius 3 is 2.84 bits per heavy atom. The number of anilines is 1. The number of aliphatic hydroxyl groups is 1. The van der Waals surface area contributed by atoms with Gasteiger partial charge >= 0.3 is 6.18 Å². The number of hydrogen-bond donors (Lipinski definition) is 1. The Morgan fingerprint density at radius 2 is 2.16 bits per heavy atom. The molecule has 2 rings (SSSR count).